The Hall–Kier alpha value is -0.810. The van der Waals surface area contributed by atoms with Crippen LogP contribution < -0.4 is 11.1 Å². The predicted molar refractivity (Wildman–Crippen MR) is 64.2 cm³/mol. The zero-order valence-electron chi connectivity index (χ0n) is 9.90. The van der Waals surface area contributed by atoms with E-state index in [1.165, 1.54) is 0 Å². The van der Waals surface area contributed by atoms with Gasteiger partial charge >= 0.3 is 0 Å². The molecule has 0 aliphatic carbocycles. The van der Waals surface area contributed by atoms with Crippen molar-refractivity contribution in [1.29, 1.82) is 0 Å². The van der Waals surface area contributed by atoms with Crippen LogP contribution in [0.25, 0.3) is 0 Å². The molecule has 1 aliphatic heterocycles. The summed E-state index contributed by atoms with van der Waals surface area (Å²) in [6.07, 6.45) is 0.673. The van der Waals surface area contributed by atoms with E-state index in [0.717, 1.165) is 0 Å². The molecule has 1 heterocycles. The molecule has 16 heavy (non-hydrogen) atoms. The SMILES string of the molecule is CC(C)[C@@H](N)C(=O)NC1CCN(C)C1=O.Cl. The van der Waals surface area contributed by atoms with Crippen LogP contribution in [0.1, 0.15) is 20.3 Å². The maximum Gasteiger partial charge on any atom is 0.244 e. The van der Waals surface area contributed by atoms with Crippen molar-refractivity contribution in [1.82, 2.24) is 10.2 Å². The van der Waals surface area contributed by atoms with Crippen molar-refractivity contribution >= 4 is 24.2 Å². The van der Waals surface area contributed by atoms with Gasteiger partial charge in [-0.05, 0) is 12.3 Å². The van der Waals surface area contributed by atoms with E-state index in [-0.39, 0.29) is 36.2 Å². The first-order valence-corrected chi connectivity index (χ1v) is 5.24. The second kappa shape index (κ2) is 6.06. The summed E-state index contributed by atoms with van der Waals surface area (Å²) < 4.78 is 0. The second-order valence-electron chi connectivity index (χ2n) is 4.38. The van der Waals surface area contributed by atoms with Gasteiger partial charge in [0.1, 0.15) is 6.04 Å². The molecule has 0 aromatic rings. The van der Waals surface area contributed by atoms with E-state index in [2.05, 4.69) is 5.32 Å². The zero-order valence-corrected chi connectivity index (χ0v) is 10.7. The molecule has 5 nitrogen and oxygen atoms in total. The third-order valence-electron chi connectivity index (χ3n) is 2.76. The van der Waals surface area contributed by atoms with Gasteiger partial charge in [-0.15, -0.1) is 12.4 Å². The maximum atomic E-state index is 11.6. The van der Waals surface area contributed by atoms with Gasteiger partial charge in [-0.2, -0.15) is 0 Å². The van der Waals surface area contributed by atoms with Crippen LogP contribution in [0.2, 0.25) is 0 Å². The van der Waals surface area contributed by atoms with Gasteiger partial charge in [0.05, 0.1) is 6.04 Å². The molecule has 94 valence electrons. The van der Waals surface area contributed by atoms with Crippen molar-refractivity contribution in [2.75, 3.05) is 13.6 Å². The monoisotopic (exact) mass is 249 g/mol. The van der Waals surface area contributed by atoms with Gasteiger partial charge in [-0.25, -0.2) is 0 Å². The highest BCUT2D eigenvalue weighted by Gasteiger charge is 2.31. The smallest absolute Gasteiger partial charge is 0.244 e. The summed E-state index contributed by atoms with van der Waals surface area (Å²) in [6.45, 7) is 4.46. The summed E-state index contributed by atoms with van der Waals surface area (Å²) >= 11 is 0. The Bertz CT molecular complexity index is 271. The molecule has 0 radical (unpaired) electrons. The number of hydrogen-bond donors (Lipinski definition) is 2. The Morgan fingerprint density at radius 1 is 1.56 bits per heavy atom. The molecular weight excluding hydrogens is 230 g/mol. The average molecular weight is 250 g/mol. The van der Waals surface area contributed by atoms with Crippen LogP contribution in [-0.2, 0) is 9.59 Å². The number of halogens is 1. The summed E-state index contributed by atoms with van der Waals surface area (Å²) in [4.78, 5) is 24.7. The lowest BCUT2D eigenvalue weighted by Crippen LogP contribution is -2.49. The molecule has 6 heteroatoms. The van der Waals surface area contributed by atoms with E-state index in [0.29, 0.717) is 13.0 Å². The minimum Gasteiger partial charge on any atom is -0.344 e. The Labute approximate surface area is 102 Å². The van der Waals surface area contributed by atoms with Gasteiger partial charge in [-0.3, -0.25) is 9.59 Å². The number of nitrogens with one attached hydrogen (secondary N) is 1. The number of carbonyl (C=O) groups excluding carboxylic acids is 2. The van der Waals surface area contributed by atoms with Crippen molar-refractivity contribution in [3.63, 3.8) is 0 Å². The van der Waals surface area contributed by atoms with Crippen LogP contribution in [0, 0.1) is 5.92 Å². The molecule has 0 saturated carbocycles. The van der Waals surface area contributed by atoms with Crippen molar-refractivity contribution in [2.24, 2.45) is 11.7 Å². The number of amides is 2. The molecule has 2 atom stereocenters. The van der Waals surface area contributed by atoms with Crippen LogP contribution in [-0.4, -0.2) is 42.4 Å². The fourth-order valence-corrected chi connectivity index (χ4v) is 1.53. The van der Waals surface area contributed by atoms with Crippen LogP contribution in [0.15, 0.2) is 0 Å². The first kappa shape index (κ1) is 15.2. The highest BCUT2D eigenvalue weighted by atomic mass is 35.5. The molecule has 0 bridgehead atoms. The lowest BCUT2D eigenvalue weighted by molar-refractivity contribution is -0.132. The van der Waals surface area contributed by atoms with E-state index in [1.807, 2.05) is 13.8 Å². The Morgan fingerprint density at radius 2 is 2.12 bits per heavy atom. The number of hydrogen-bond acceptors (Lipinski definition) is 3. The normalized spacial score (nSPS) is 21.9. The average Bonchev–Trinajstić information content (AvgIpc) is 2.48. The van der Waals surface area contributed by atoms with Gasteiger partial charge in [0.15, 0.2) is 0 Å². The molecule has 0 aromatic carbocycles. The van der Waals surface area contributed by atoms with Crippen LogP contribution in [0.5, 0.6) is 0 Å². The quantitative estimate of drug-likeness (QED) is 0.724. The lowest BCUT2D eigenvalue weighted by atomic mass is 10.0. The number of carbonyl (C=O) groups is 2. The second-order valence-corrected chi connectivity index (χ2v) is 4.38. The summed E-state index contributed by atoms with van der Waals surface area (Å²) in [5, 5.41) is 2.68. The number of nitrogens with two attached hydrogens (primary N) is 1. The fourth-order valence-electron chi connectivity index (χ4n) is 1.53. The third-order valence-corrected chi connectivity index (χ3v) is 2.76. The highest BCUT2D eigenvalue weighted by molar-refractivity contribution is 5.90. The standard InChI is InChI=1S/C10H19N3O2.ClH/c1-6(2)8(11)9(14)12-7-4-5-13(3)10(7)15;/h6-8H,4-5,11H2,1-3H3,(H,12,14);1H/t7?,8-;/m1./s1. The summed E-state index contributed by atoms with van der Waals surface area (Å²) in [5.74, 6) is -0.183. The molecule has 2 amide bonds. The first-order chi connectivity index (χ1) is 6.93. The summed E-state index contributed by atoms with van der Waals surface area (Å²) in [7, 11) is 1.73. The van der Waals surface area contributed by atoms with Gasteiger partial charge in [0.2, 0.25) is 11.8 Å². The van der Waals surface area contributed by atoms with Crippen LogP contribution >= 0.6 is 12.4 Å². The number of likely N-dealkylation sites (tertiary alicyclic amines) is 1. The van der Waals surface area contributed by atoms with Crippen LogP contribution in [0.4, 0.5) is 0 Å². The number of likely N-dealkylation sites (N-methyl/N-ethyl adjacent to an activating group) is 1. The van der Waals surface area contributed by atoms with Crippen molar-refractivity contribution in [3.8, 4) is 0 Å². The third kappa shape index (κ3) is 3.35. The molecule has 1 rings (SSSR count). The maximum absolute atomic E-state index is 11.6. The largest absolute Gasteiger partial charge is 0.344 e. The summed E-state index contributed by atoms with van der Waals surface area (Å²) in [6, 6.07) is -0.920. The molecule has 1 fully saturated rings. The molecule has 0 aromatic heterocycles. The van der Waals surface area contributed by atoms with Gasteiger partial charge in [-0.1, -0.05) is 13.8 Å². The van der Waals surface area contributed by atoms with E-state index in [9.17, 15) is 9.59 Å². The fraction of sp³-hybridized carbons (Fsp3) is 0.800. The Kier molecular flexibility index (Phi) is 5.75. The minimum absolute atomic E-state index is 0. The topological polar surface area (TPSA) is 75.4 Å². The lowest BCUT2D eigenvalue weighted by Gasteiger charge is -2.18. The van der Waals surface area contributed by atoms with E-state index in [4.69, 9.17) is 5.73 Å². The van der Waals surface area contributed by atoms with Crippen molar-refractivity contribution in [3.05, 3.63) is 0 Å². The van der Waals surface area contributed by atoms with Crippen LogP contribution in [0.3, 0.4) is 0 Å². The Morgan fingerprint density at radius 3 is 2.50 bits per heavy atom. The molecule has 3 N–H and O–H groups in total. The zero-order chi connectivity index (χ0) is 11.6. The van der Waals surface area contributed by atoms with Gasteiger partial charge < -0.3 is 16.0 Å². The molecule has 1 saturated heterocycles. The van der Waals surface area contributed by atoms with E-state index >= 15 is 0 Å². The van der Waals surface area contributed by atoms with E-state index in [1.54, 1.807) is 11.9 Å². The van der Waals surface area contributed by atoms with Crippen molar-refractivity contribution in [2.45, 2.75) is 32.4 Å². The molecule has 1 unspecified atom stereocenters. The van der Waals surface area contributed by atoms with Crippen molar-refractivity contribution < 1.29 is 9.59 Å². The van der Waals surface area contributed by atoms with Gasteiger partial charge in [0, 0.05) is 13.6 Å². The number of rotatable bonds is 3. The number of nitrogens with zero attached hydrogens (tertiary/aromatic N) is 1. The first-order valence-electron chi connectivity index (χ1n) is 5.24. The Balaban J connectivity index is 0.00000225. The molecule has 1 aliphatic rings. The van der Waals surface area contributed by atoms with E-state index < -0.39 is 6.04 Å². The van der Waals surface area contributed by atoms with Gasteiger partial charge in [0.25, 0.3) is 0 Å². The highest BCUT2D eigenvalue weighted by Crippen LogP contribution is 2.09. The molecule has 0 spiro atoms. The molecular formula is C10H20ClN3O2. The minimum atomic E-state index is -0.538. The summed E-state index contributed by atoms with van der Waals surface area (Å²) in [5.41, 5.74) is 5.68. The predicted octanol–water partition coefficient (Wildman–Crippen LogP) is -0.262.